The van der Waals surface area contributed by atoms with Gasteiger partial charge in [-0.2, -0.15) is 0 Å². The molecule has 0 bridgehead atoms. The van der Waals surface area contributed by atoms with E-state index in [0.29, 0.717) is 27.9 Å². The van der Waals surface area contributed by atoms with Crippen LogP contribution in [-0.2, 0) is 11.3 Å². The van der Waals surface area contributed by atoms with Gasteiger partial charge in [0.1, 0.15) is 4.88 Å². The smallest absolute Gasteiger partial charge is 0.267 e. The van der Waals surface area contributed by atoms with Crippen LogP contribution < -0.4 is 10.2 Å². The summed E-state index contributed by atoms with van der Waals surface area (Å²) in [7, 11) is 3.72. The van der Waals surface area contributed by atoms with Crippen molar-refractivity contribution in [3.63, 3.8) is 0 Å². The fraction of sp³-hybridized carbons (Fsp3) is 0.412. The van der Waals surface area contributed by atoms with Crippen molar-refractivity contribution >= 4 is 39.7 Å². The lowest BCUT2D eigenvalue weighted by molar-refractivity contribution is 0.102. The van der Waals surface area contributed by atoms with Crippen molar-refractivity contribution in [1.29, 1.82) is 0 Å². The minimum Gasteiger partial charge on any atom is -0.378 e. The van der Waals surface area contributed by atoms with Gasteiger partial charge in [0.15, 0.2) is 5.13 Å². The second kappa shape index (κ2) is 8.14. The number of likely N-dealkylation sites (N-methyl/N-ethyl adjacent to an activating group) is 1. The number of ether oxygens (including phenoxy) is 1. The molecule has 1 fully saturated rings. The number of nitrogens with zero attached hydrogens (tertiary/aromatic N) is 3. The first-order chi connectivity index (χ1) is 12.1. The van der Waals surface area contributed by atoms with Crippen molar-refractivity contribution in [2.75, 3.05) is 50.6 Å². The zero-order chi connectivity index (χ0) is 17.8. The van der Waals surface area contributed by atoms with Crippen molar-refractivity contribution in [1.82, 2.24) is 9.88 Å². The van der Waals surface area contributed by atoms with Gasteiger partial charge in [-0.15, -0.1) is 0 Å². The number of nitrogens with one attached hydrogen (secondary N) is 1. The molecule has 1 N–H and O–H groups in total. The lowest BCUT2D eigenvalue weighted by atomic mass is 10.3. The summed E-state index contributed by atoms with van der Waals surface area (Å²) in [4.78, 5) is 22.4. The molecule has 1 saturated heterocycles. The first-order valence-electron chi connectivity index (χ1n) is 8.06. The highest BCUT2D eigenvalue weighted by Gasteiger charge is 2.23. The number of rotatable bonds is 5. The molecule has 2 aromatic rings. The van der Waals surface area contributed by atoms with Crippen molar-refractivity contribution in [2.24, 2.45) is 0 Å². The molecule has 0 unspecified atom stereocenters. The number of amides is 1. The van der Waals surface area contributed by atoms with Crippen LogP contribution in [0, 0.1) is 0 Å². The van der Waals surface area contributed by atoms with E-state index in [0.717, 1.165) is 31.3 Å². The normalized spacial score (nSPS) is 15.4. The Morgan fingerprint density at radius 1 is 1.28 bits per heavy atom. The highest BCUT2D eigenvalue weighted by atomic mass is 35.5. The molecule has 1 aliphatic heterocycles. The van der Waals surface area contributed by atoms with E-state index in [1.54, 1.807) is 31.4 Å². The molecule has 0 saturated carbocycles. The zero-order valence-corrected chi connectivity index (χ0v) is 15.9. The van der Waals surface area contributed by atoms with E-state index in [2.05, 4.69) is 27.1 Å². The first-order valence-corrected chi connectivity index (χ1v) is 9.25. The largest absolute Gasteiger partial charge is 0.378 e. The number of hydrogen-bond acceptors (Lipinski definition) is 6. The van der Waals surface area contributed by atoms with Crippen LogP contribution in [0.4, 0.5) is 10.8 Å². The van der Waals surface area contributed by atoms with Crippen LogP contribution in [-0.4, -0.2) is 56.1 Å². The fourth-order valence-electron chi connectivity index (χ4n) is 2.61. The number of thiazole rings is 1. The number of carbonyl (C=O) groups excluding carboxylic acids is 1. The van der Waals surface area contributed by atoms with E-state index in [4.69, 9.17) is 16.3 Å². The summed E-state index contributed by atoms with van der Waals surface area (Å²) in [5, 5.41) is 4.41. The van der Waals surface area contributed by atoms with Crippen molar-refractivity contribution in [3.05, 3.63) is 39.9 Å². The van der Waals surface area contributed by atoms with Crippen LogP contribution in [0.25, 0.3) is 0 Å². The van der Waals surface area contributed by atoms with Gasteiger partial charge in [-0.05, 0) is 31.3 Å². The third kappa shape index (κ3) is 4.49. The molecule has 1 aromatic carbocycles. The van der Waals surface area contributed by atoms with Gasteiger partial charge < -0.3 is 19.9 Å². The predicted molar refractivity (Wildman–Crippen MR) is 102 cm³/mol. The van der Waals surface area contributed by atoms with Gasteiger partial charge in [0.2, 0.25) is 0 Å². The molecule has 8 heteroatoms. The standard InChI is InChI=1S/C17H21ClN4O2S/c1-21-7-9-22(10-8-21)17-20-14(11-24-2)15(25-17)16(23)19-13-5-3-12(18)4-6-13/h3-6H,7-11H2,1-2H3,(H,19,23). The zero-order valence-electron chi connectivity index (χ0n) is 14.3. The maximum absolute atomic E-state index is 12.7. The summed E-state index contributed by atoms with van der Waals surface area (Å²) in [5.74, 6) is -0.174. The molecule has 1 aliphatic rings. The Bertz CT molecular complexity index is 727. The summed E-state index contributed by atoms with van der Waals surface area (Å²) in [6.45, 7) is 4.12. The highest BCUT2D eigenvalue weighted by molar-refractivity contribution is 7.17. The number of hydrogen-bond donors (Lipinski definition) is 1. The monoisotopic (exact) mass is 380 g/mol. The number of benzene rings is 1. The van der Waals surface area contributed by atoms with Gasteiger partial charge in [-0.1, -0.05) is 22.9 Å². The fourth-order valence-corrected chi connectivity index (χ4v) is 3.75. The van der Waals surface area contributed by atoms with Crippen LogP contribution in [0.1, 0.15) is 15.4 Å². The number of anilines is 2. The Labute approximate surface area is 156 Å². The number of carbonyl (C=O) groups is 1. The Hall–Kier alpha value is -1.67. The van der Waals surface area contributed by atoms with Gasteiger partial charge in [-0.25, -0.2) is 4.98 Å². The van der Waals surface area contributed by atoms with Gasteiger partial charge >= 0.3 is 0 Å². The molecular weight excluding hydrogens is 360 g/mol. The van der Waals surface area contributed by atoms with Crippen molar-refractivity contribution < 1.29 is 9.53 Å². The van der Waals surface area contributed by atoms with E-state index >= 15 is 0 Å². The summed E-state index contributed by atoms with van der Waals surface area (Å²) >= 11 is 7.30. The van der Waals surface area contributed by atoms with E-state index in [-0.39, 0.29) is 5.91 Å². The van der Waals surface area contributed by atoms with Gasteiger partial charge in [0, 0.05) is 44.0 Å². The average Bonchev–Trinajstić information content (AvgIpc) is 3.02. The summed E-state index contributed by atoms with van der Waals surface area (Å²) < 4.78 is 5.22. The van der Waals surface area contributed by atoms with E-state index in [1.807, 2.05) is 0 Å². The van der Waals surface area contributed by atoms with Crippen molar-refractivity contribution in [3.8, 4) is 0 Å². The van der Waals surface area contributed by atoms with Gasteiger partial charge in [-0.3, -0.25) is 4.79 Å². The average molecular weight is 381 g/mol. The number of methoxy groups -OCH3 is 1. The molecule has 0 spiro atoms. The quantitative estimate of drug-likeness (QED) is 0.864. The van der Waals surface area contributed by atoms with Crippen molar-refractivity contribution in [2.45, 2.75) is 6.61 Å². The SMILES string of the molecule is COCc1nc(N2CCN(C)CC2)sc1C(=O)Nc1ccc(Cl)cc1. The Kier molecular flexibility index (Phi) is 5.90. The third-order valence-corrected chi connectivity index (χ3v) is 5.46. The molecule has 0 atom stereocenters. The lowest BCUT2D eigenvalue weighted by Crippen LogP contribution is -2.44. The van der Waals surface area contributed by atoms with Crippen LogP contribution >= 0.6 is 22.9 Å². The second-order valence-electron chi connectivity index (χ2n) is 5.96. The van der Waals surface area contributed by atoms with E-state index < -0.39 is 0 Å². The maximum atomic E-state index is 12.7. The maximum Gasteiger partial charge on any atom is 0.267 e. The van der Waals surface area contributed by atoms with Crippen LogP contribution in [0.2, 0.25) is 5.02 Å². The second-order valence-corrected chi connectivity index (χ2v) is 7.37. The van der Waals surface area contributed by atoms with Crippen LogP contribution in [0.5, 0.6) is 0 Å². The van der Waals surface area contributed by atoms with E-state index in [1.165, 1.54) is 11.3 Å². The van der Waals surface area contributed by atoms with E-state index in [9.17, 15) is 4.79 Å². The number of piperazine rings is 1. The molecular formula is C17H21ClN4O2S. The summed E-state index contributed by atoms with van der Waals surface area (Å²) in [6, 6.07) is 7.04. The Morgan fingerprint density at radius 2 is 1.96 bits per heavy atom. The minimum absolute atomic E-state index is 0.174. The molecule has 2 heterocycles. The molecule has 6 nitrogen and oxygen atoms in total. The topological polar surface area (TPSA) is 57.7 Å². The molecule has 0 radical (unpaired) electrons. The molecule has 0 aliphatic carbocycles. The predicted octanol–water partition coefficient (Wildman–Crippen LogP) is 2.95. The first kappa shape index (κ1) is 18.1. The molecule has 1 amide bonds. The molecule has 134 valence electrons. The minimum atomic E-state index is -0.174. The van der Waals surface area contributed by atoms with Gasteiger partial charge in [0.25, 0.3) is 5.91 Å². The number of halogens is 1. The van der Waals surface area contributed by atoms with Crippen LogP contribution in [0.3, 0.4) is 0 Å². The Balaban J connectivity index is 1.78. The third-order valence-electron chi connectivity index (χ3n) is 4.05. The number of aromatic nitrogens is 1. The molecule has 3 rings (SSSR count). The highest BCUT2D eigenvalue weighted by Crippen LogP contribution is 2.28. The molecule has 1 aromatic heterocycles. The molecule has 25 heavy (non-hydrogen) atoms. The summed E-state index contributed by atoms with van der Waals surface area (Å²) in [6.07, 6.45) is 0. The van der Waals surface area contributed by atoms with Crippen LogP contribution in [0.15, 0.2) is 24.3 Å². The summed E-state index contributed by atoms with van der Waals surface area (Å²) in [5.41, 5.74) is 1.38. The lowest BCUT2D eigenvalue weighted by Gasteiger charge is -2.32. The van der Waals surface area contributed by atoms with Gasteiger partial charge in [0.05, 0.1) is 12.3 Å². The Morgan fingerprint density at radius 3 is 2.60 bits per heavy atom.